The van der Waals surface area contributed by atoms with Crippen LogP contribution in [0.3, 0.4) is 0 Å². The Kier molecular flexibility index (Phi) is 11.4. The summed E-state index contributed by atoms with van der Waals surface area (Å²) < 4.78 is 9.12. The molecule has 0 spiro atoms. The molecule has 246 valence electrons. The van der Waals surface area contributed by atoms with Crippen molar-refractivity contribution in [3.63, 3.8) is 0 Å². The Balaban J connectivity index is 1.33. The third-order valence-corrected chi connectivity index (χ3v) is 8.20. The molecule has 3 amide bonds. The van der Waals surface area contributed by atoms with Gasteiger partial charge in [-0.1, -0.05) is 53.2 Å². The van der Waals surface area contributed by atoms with Crippen LogP contribution in [0.4, 0.5) is 0 Å². The fourth-order valence-electron chi connectivity index (χ4n) is 5.36. The second-order valence-corrected chi connectivity index (χ2v) is 11.8. The number of nitrogens with zero attached hydrogens (tertiary/aromatic N) is 5. The van der Waals surface area contributed by atoms with Crippen LogP contribution in [0.25, 0.3) is 0 Å². The highest BCUT2D eigenvalue weighted by Crippen LogP contribution is 2.26. The minimum atomic E-state index is -0.853. The average molecular weight is 660 g/mol. The third kappa shape index (κ3) is 9.29. The maximum atomic E-state index is 13.5. The SMILES string of the molecule is Cc1cccc(=O)n1CCC(=O)N1CCCNC(=O)[C@H](Cc2ccccc2)NC(=O)c2ccc(c(Cl)c2)OCCCn2cc(nn2)C1. The van der Waals surface area contributed by atoms with Crippen molar-refractivity contribution in [3.8, 4) is 5.75 Å². The van der Waals surface area contributed by atoms with Crippen molar-refractivity contribution in [3.05, 3.63) is 111 Å². The molecule has 0 unspecified atom stereocenters. The summed E-state index contributed by atoms with van der Waals surface area (Å²) in [6.45, 7) is 3.79. The standard InChI is InChI=1S/C34H38ClN7O5/c1-24-8-5-11-32(44)42(24)18-14-31(43)40-16-6-15-36-34(46)29(20-25-9-3-2-4-10-25)37-33(45)26-12-13-30(28(35)21-26)47-19-7-17-41-23-27(22-40)38-39-41/h2-5,8-13,21,23,29H,6-7,14-20,22H2,1H3,(H,36,46)(H,37,45)/t29-/m0/s1. The first-order valence-corrected chi connectivity index (χ1v) is 16.0. The summed E-state index contributed by atoms with van der Waals surface area (Å²) in [4.78, 5) is 54.2. The van der Waals surface area contributed by atoms with Crippen LogP contribution in [0.1, 0.15) is 46.6 Å². The van der Waals surface area contributed by atoms with Crippen LogP contribution in [0.15, 0.2) is 77.7 Å². The van der Waals surface area contributed by atoms with E-state index in [4.69, 9.17) is 16.3 Å². The Hall–Kier alpha value is -4.97. The predicted octanol–water partition coefficient (Wildman–Crippen LogP) is 3.15. The highest BCUT2D eigenvalue weighted by atomic mass is 35.5. The molecule has 2 aromatic heterocycles. The number of aryl methyl sites for hydroxylation is 2. The number of hydrogen-bond acceptors (Lipinski definition) is 7. The lowest BCUT2D eigenvalue weighted by molar-refractivity contribution is -0.132. The number of nitrogens with one attached hydrogen (secondary N) is 2. The van der Waals surface area contributed by atoms with Gasteiger partial charge in [0.2, 0.25) is 11.8 Å². The number of amides is 3. The summed E-state index contributed by atoms with van der Waals surface area (Å²) in [5, 5.41) is 14.6. The number of carbonyl (C=O) groups is 3. The van der Waals surface area contributed by atoms with Crippen LogP contribution in [-0.4, -0.2) is 67.9 Å². The van der Waals surface area contributed by atoms with E-state index in [9.17, 15) is 19.2 Å². The van der Waals surface area contributed by atoms with Crippen LogP contribution < -0.4 is 20.9 Å². The third-order valence-electron chi connectivity index (χ3n) is 7.90. The van der Waals surface area contributed by atoms with Gasteiger partial charge in [-0.05, 0) is 43.2 Å². The molecule has 2 aliphatic heterocycles. The van der Waals surface area contributed by atoms with Crippen LogP contribution >= 0.6 is 11.6 Å². The molecule has 47 heavy (non-hydrogen) atoms. The van der Waals surface area contributed by atoms with E-state index in [1.165, 1.54) is 12.1 Å². The van der Waals surface area contributed by atoms with E-state index < -0.39 is 11.9 Å². The van der Waals surface area contributed by atoms with E-state index in [-0.39, 0.29) is 54.9 Å². The molecule has 0 fully saturated rings. The first-order chi connectivity index (χ1) is 22.8. The van der Waals surface area contributed by atoms with E-state index in [0.717, 1.165) is 11.3 Å². The molecule has 4 aromatic rings. The molecule has 0 aliphatic carbocycles. The molecule has 2 aromatic carbocycles. The van der Waals surface area contributed by atoms with Gasteiger partial charge in [0.05, 0.1) is 24.4 Å². The number of aromatic nitrogens is 4. The van der Waals surface area contributed by atoms with Gasteiger partial charge in [0.25, 0.3) is 11.5 Å². The number of pyridine rings is 1. The summed E-state index contributed by atoms with van der Waals surface area (Å²) in [5.74, 6) is -0.497. The molecule has 0 saturated heterocycles. The lowest BCUT2D eigenvalue weighted by atomic mass is 10.0. The van der Waals surface area contributed by atoms with Gasteiger partial charge in [0.1, 0.15) is 17.5 Å². The maximum absolute atomic E-state index is 13.5. The molecule has 2 N–H and O–H groups in total. The minimum absolute atomic E-state index is 0.121. The zero-order valence-corrected chi connectivity index (χ0v) is 27.0. The van der Waals surface area contributed by atoms with Crippen molar-refractivity contribution < 1.29 is 19.1 Å². The number of hydrogen-bond donors (Lipinski definition) is 2. The zero-order valence-electron chi connectivity index (χ0n) is 26.2. The van der Waals surface area contributed by atoms with Crippen molar-refractivity contribution in [2.45, 2.75) is 58.3 Å². The van der Waals surface area contributed by atoms with E-state index in [1.54, 1.807) is 38.5 Å². The van der Waals surface area contributed by atoms with Crippen molar-refractivity contribution in [2.24, 2.45) is 0 Å². The van der Waals surface area contributed by atoms with E-state index in [2.05, 4.69) is 20.9 Å². The Bertz CT molecular complexity index is 1760. The second kappa shape index (κ2) is 16.0. The Morgan fingerprint density at radius 2 is 1.85 bits per heavy atom. The van der Waals surface area contributed by atoms with Gasteiger partial charge in [-0.3, -0.25) is 23.9 Å². The van der Waals surface area contributed by atoms with E-state index in [1.807, 2.05) is 43.3 Å². The molecule has 0 radical (unpaired) electrons. The number of halogens is 1. The molecule has 6 rings (SSSR count). The Morgan fingerprint density at radius 3 is 2.64 bits per heavy atom. The fourth-order valence-corrected chi connectivity index (χ4v) is 5.59. The highest BCUT2D eigenvalue weighted by Gasteiger charge is 2.23. The quantitative estimate of drug-likeness (QED) is 0.335. The van der Waals surface area contributed by atoms with E-state index >= 15 is 0 Å². The molecule has 1 atom stereocenters. The molecule has 12 nitrogen and oxygen atoms in total. The van der Waals surface area contributed by atoms with Crippen molar-refractivity contribution >= 4 is 29.3 Å². The summed E-state index contributed by atoms with van der Waals surface area (Å²) in [5.41, 5.74) is 2.42. The highest BCUT2D eigenvalue weighted by molar-refractivity contribution is 6.32. The first kappa shape index (κ1) is 33.4. The number of benzene rings is 2. The largest absolute Gasteiger partial charge is 0.492 e. The molecule has 13 heteroatoms. The molecule has 2 aliphatic rings. The summed E-state index contributed by atoms with van der Waals surface area (Å²) in [6.07, 6.45) is 3.27. The minimum Gasteiger partial charge on any atom is -0.492 e. The lowest BCUT2D eigenvalue weighted by Crippen LogP contribution is -2.48. The lowest BCUT2D eigenvalue weighted by Gasteiger charge is -2.23. The van der Waals surface area contributed by atoms with Gasteiger partial charge in [0.15, 0.2) is 0 Å². The maximum Gasteiger partial charge on any atom is 0.251 e. The first-order valence-electron chi connectivity index (χ1n) is 15.6. The average Bonchev–Trinajstić information content (AvgIpc) is 3.51. The number of rotatable bonds is 5. The van der Waals surface area contributed by atoms with Gasteiger partial charge in [-0.15, -0.1) is 5.10 Å². The normalized spacial score (nSPS) is 16.5. The Labute approximate surface area is 277 Å². The smallest absolute Gasteiger partial charge is 0.251 e. The predicted molar refractivity (Wildman–Crippen MR) is 176 cm³/mol. The van der Waals surface area contributed by atoms with Crippen LogP contribution in [-0.2, 0) is 35.6 Å². The van der Waals surface area contributed by atoms with E-state index in [0.29, 0.717) is 49.5 Å². The number of ether oxygens (including phenoxy) is 1. The van der Waals surface area contributed by atoms with Gasteiger partial charge in [0, 0.05) is 62.8 Å². The monoisotopic (exact) mass is 659 g/mol. The van der Waals surface area contributed by atoms with Gasteiger partial charge in [-0.2, -0.15) is 0 Å². The van der Waals surface area contributed by atoms with Crippen molar-refractivity contribution in [2.75, 3.05) is 19.7 Å². The van der Waals surface area contributed by atoms with Gasteiger partial charge < -0.3 is 24.8 Å². The number of fused-ring (bicyclic) bond motifs is 14. The Morgan fingerprint density at radius 1 is 1.02 bits per heavy atom. The van der Waals surface area contributed by atoms with Crippen molar-refractivity contribution in [1.29, 1.82) is 0 Å². The molecular formula is C34H38ClN7O5. The fraction of sp³-hybridized carbons (Fsp3) is 0.353. The molecule has 4 bridgehead atoms. The van der Waals surface area contributed by atoms with Crippen LogP contribution in [0, 0.1) is 6.92 Å². The summed E-state index contributed by atoms with van der Waals surface area (Å²) in [6, 6.07) is 18.4. The molecule has 4 heterocycles. The van der Waals surface area contributed by atoms with Crippen LogP contribution in [0.5, 0.6) is 5.75 Å². The topological polar surface area (TPSA) is 140 Å². The summed E-state index contributed by atoms with van der Waals surface area (Å²) >= 11 is 6.45. The molecule has 0 saturated carbocycles. The number of carbonyl (C=O) groups excluding carboxylic acids is 3. The van der Waals surface area contributed by atoms with Crippen LogP contribution in [0.2, 0.25) is 5.02 Å². The van der Waals surface area contributed by atoms with Crippen molar-refractivity contribution in [1.82, 2.24) is 35.1 Å². The molecular weight excluding hydrogens is 622 g/mol. The zero-order chi connectivity index (χ0) is 33.2. The second-order valence-electron chi connectivity index (χ2n) is 11.4. The summed E-state index contributed by atoms with van der Waals surface area (Å²) in [7, 11) is 0. The van der Waals surface area contributed by atoms with Gasteiger partial charge in [-0.25, -0.2) is 0 Å². The van der Waals surface area contributed by atoms with Gasteiger partial charge >= 0.3 is 0 Å².